The Labute approximate surface area is 148 Å². The molecule has 1 aromatic heterocycles. The van der Waals surface area contributed by atoms with Crippen LogP contribution in [0, 0.1) is 0 Å². The summed E-state index contributed by atoms with van der Waals surface area (Å²) in [5, 5.41) is 5.36. The highest BCUT2D eigenvalue weighted by Crippen LogP contribution is 2.36. The normalized spacial score (nSPS) is 10.8. The third-order valence-corrected chi connectivity index (χ3v) is 5.75. The predicted octanol–water partition coefficient (Wildman–Crippen LogP) is 5.72. The molecule has 0 aliphatic carbocycles. The van der Waals surface area contributed by atoms with E-state index in [-0.39, 0.29) is 0 Å². The minimum atomic E-state index is 0.558. The van der Waals surface area contributed by atoms with E-state index in [2.05, 4.69) is 72.2 Å². The van der Waals surface area contributed by atoms with E-state index >= 15 is 0 Å². The largest absolute Gasteiger partial charge is 0.486 e. The first-order chi connectivity index (χ1) is 9.61. The molecule has 108 valence electrons. The van der Waals surface area contributed by atoms with Gasteiger partial charge in [-0.25, -0.2) is 0 Å². The van der Waals surface area contributed by atoms with Gasteiger partial charge in [-0.05, 0) is 83.5 Å². The molecular weight excluding hydrogens is 470 g/mol. The highest BCUT2D eigenvalue weighted by atomic mass is 79.9. The maximum absolute atomic E-state index is 5.92. The van der Waals surface area contributed by atoms with Crippen LogP contribution in [0.1, 0.15) is 17.4 Å². The second-order valence-electron chi connectivity index (χ2n) is 4.15. The monoisotopic (exact) mass is 481 g/mol. The van der Waals surface area contributed by atoms with Crippen LogP contribution in [0.2, 0.25) is 0 Å². The van der Waals surface area contributed by atoms with Gasteiger partial charge < -0.3 is 10.1 Å². The lowest BCUT2D eigenvalue weighted by Crippen LogP contribution is -2.11. The van der Waals surface area contributed by atoms with Crippen molar-refractivity contribution >= 4 is 59.1 Å². The Bertz CT molecular complexity index is 563. The summed E-state index contributed by atoms with van der Waals surface area (Å²) in [6.07, 6.45) is 0. The molecule has 0 spiro atoms. The molecule has 0 radical (unpaired) electrons. The molecule has 0 saturated heterocycles. The van der Waals surface area contributed by atoms with Crippen molar-refractivity contribution in [3.05, 3.63) is 47.4 Å². The van der Waals surface area contributed by atoms with E-state index in [0.29, 0.717) is 6.61 Å². The molecule has 0 aliphatic rings. The molecule has 1 heterocycles. The van der Waals surface area contributed by atoms with Crippen LogP contribution in [0.3, 0.4) is 0 Å². The third-order valence-electron chi connectivity index (χ3n) is 2.68. The maximum Gasteiger partial charge on any atom is 0.148 e. The van der Waals surface area contributed by atoms with Crippen molar-refractivity contribution in [2.24, 2.45) is 0 Å². The summed E-state index contributed by atoms with van der Waals surface area (Å²) in [7, 11) is 0. The Kier molecular flexibility index (Phi) is 6.55. The van der Waals surface area contributed by atoms with Gasteiger partial charge in [0.15, 0.2) is 0 Å². The van der Waals surface area contributed by atoms with Gasteiger partial charge in [-0.1, -0.05) is 6.92 Å². The second kappa shape index (κ2) is 7.94. The predicted molar refractivity (Wildman–Crippen MR) is 95.6 cm³/mol. The van der Waals surface area contributed by atoms with Gasteiger partial charge in [0.05, 0.1) is 13.8 Å². The van der Waals surface area contributed by atoms with Gasteiger partial charge in [0.25, 0.3) is 0 Å². The van der Waals surface area contributed by atoms with Crippen molar-refractivity contribution in [2.75, 3.05) is 6.54 Å². The highest BCUT2D eigenvalue weighted by molar-refractivity contribution is 9.11. The zero-order valence-electron chi connectivity index (χ0n) is 10.9. The summed E-state index contributed by atoms with van der Waals surface area (Å²) >= 11 is 12.4. The van der Waals surface area contributed by atoms with E-state index in [1.165, 1.54) is 10.4 Å². The van der Waals surface area contributed by atoms with Gasteiger partial charge >= 0.3 is 0 Å². The Morgan fingerprint density at radius 1 is 1.15 bits per heavy atom. The molecule has 1 N–H and O–H groups in total. The molecular formula is C14H14Br3NOS. The summed E-state index contributed by atoms with van der Waals surface area (Å²) in [6.45, 7) is 4.47. The minimum Gasteiger partial charge on any atom is -0.486 e. The summed E-state index contributed by atoms with van der Waals surface area (Å²) in [5.74, 6) is 0.838. The molecule has 2 aromatic rings. The molecule has 6 heteroatoms. The SMILES string of the molecule is CCNCc1cc(Br)c(OCc2sccc2Br)c(Br)c1. The van der Waals surface area contributed by atoms with E-state index in [9.17, 15) is 0 Å². The number of benzene rings is 1. The molecule has 2 rings (SSSR count). The van der Waals surface area contributed by atoms with Crippen LogP contribution < -0.4 is 10.1 Å². The van der Waals surface area contributed by atoms with Crippen molar-refractivity contribution < 1.29 is 4.74 Å². The Balaban J connectivity index is 2.10. The molecule has 0 amide bonds. The minimum absolute atomic E-state index is 0.558. The Morgan fingerprint density at radius 2 is 1.85 bits per heavy atom. The van der Waals surface area contributed by atoms with Crippen molar-refractivity contribution in [3.63, 3.8) is 0 Å². The fourth-order valence-electron chi connectivity index (χ4n) is 1.69. The van der Waals surface area contributed by atoms with Crippen molar-refractivity contribution in [2.45, 2.75) is 20.1 Å². The van der Waals surface area contributed by atoms with E-state index in [1.54, 1.807) is 11.3 Å². The lowest BCUT2D eigenvalue weighted by Gasteiger charge is -2.12. The highest BCUT2D eigenvalue weighted by Gasteiger charge is 2.10. The zero-order chi connectivity index (χ0) is 14.5. The van der Waals surface area contributed by atoms with Crippen LogP contribution >= 0.6 is 59.1 Å². The maximum atomic E-state index is 5.92. The summed E-state index contributed by atoms with van der Waals surface area (Å²) in [5.41, 5.74) is 1.22. The first-order valence-corrected chi connectivity index (χ1v) is 9.41. The van der Waals surface area contributed by atoms with Crippen molar-refractivity contribution in [3.8, 4) is 5.75 Å². The van der Waals surface area contributed by atoms with Gasteiger partial charge in [0.1, 0.15) is 12.4 Å². The first kappa shape index (κ1) is 16.5. The summed E-state index contributed by atoms with van der Waals surface area (Å²) < 4.78 is 8.94. The quantitative estimate of drug-likeness (QED) is 0.567. The summed E-state index contributed by atoms with van der Waals surface area (Å²) in [6, 6.07) is 6.21. The average Bonchev–Trinajstić information content (AvgIpc) is 2.81. The molecule has 0 unspecified atom stereocenters. The molecule has 2 nitrogen and oxygen atoms in total. The molecule has 0 fully saturated rings. The van der Waals surface area contributed by atoms with Gasteiger partial charge in [-0.2, -0.15) is 0 Å². The van der Waals surface area contributed by atoms with Gasteiger partial charge in [-0.3, -0.25) is 0 Å². The first-order valence-electron chi connectivity index (χ1n) is 6.15. The standard InChI is InChI=1S/C14H14Br3NOS/c1-2-18-7-9-5-11(16)14(12(17)6-9)19-8-13-10(15)3-4-20-13/h3-6,18H,2,7-8H2,1H3. The van der Waals surface area contributed by atoms with E-state index in [0.717, 1.165) is 32.3 Å². The van der Waals surface area contributed by atoms with Crippen LogP contribution in [-0.2, 0) is 13.2 Å². The lowest BCUT2D eigenvalue weighted by atomic mass is 10.2. The Morgan fingerprint density at radius 3 is 2.40 bits per heavy atom. The molecule has 1 aromatic carbocycles. The van der Waals surface area contributed by atoms with Crippen LogP contribution in [0.5, 0.6) is 5.75 Å². The van der Waals surface area contributed by atoms with Gasteiger partial charge in [-0.15, -0.1) is 11.3 Å². The van der Waals surface area contributed by atoms with Crippen LogP contribution in [-0.4, -0.2) is 6.54 Å². The Hall–Kier alpha value is 0.120. The number of rotatable bonds is 6. The zero-order valence-corrected chi connectivity index (χ0v) is 16.5. The van der Waals surface area contributed by atoms with Crippen molar-refractivity contribution in [1.29, 1.82) is 0 Å². The average molecular weight is 484 g/mol. The van der Waals surface area contributed by atoms with E-state index in [1.807, 2.05) is 11.4 Å². The number of nitrogens with one attached hydrogen (secondary N) is 1. The number of hydrogen-bond donors (Lipinski definition) is 1. The lowest BCUT2D eigenvalue weighted by molar-refractivity contribution is 0.305. The molecule has 0 bridgehead atoms. The second-order valence-corrected chi connectivity index (χ2v) is 7.71. The van der Waals surface area contributed by atoms with Gasteiger partial charge in [0.2, 0.25) is 0 Å². The molecule has 0 aliphatic heterocycles. The summed E-state index contributed by atoms with van der Waals surface area (Å²) in [4.78, 5) is 1.18. The van der Waals surface area contributed by atoms with E-state index < -0.39 is 0 Å². The van der Waals surface area contributed by atoms with Crippen LogP contribution in [0.25, 0.3) is 0 Å². The smallest absolute Gasteiger partial charge is 0.148 e. The fourth-order valence-corrected chi connectivity index (χ4v) is 4.58. The number of hydrogen-bond acceptors (Lipinski definition) is 3. The third kappa shape index (κ3) is 4.31. The number of halogens is 3. The fraction of sp³-hybridized carbons (Fsp3) is 0.286. The molecule has 0 saturated carbocycles. The van der Waals surface area contributed by atoms with Crippen molar-refractivity contribution in [1.82, 2.24) is 5.32 Å². The van der Waals surface area contributed by atoms with E-state index in [4.69, 9.17) is 4.74 Å². The van der Waals surface area contributed by atoms with Crippen LogP contribution in [0.15, 0.2) is 37.0 Å². The van der Waals surface area contributed by atoms with Crippen LogP contribution in [0.4, 0.5) is 0 Å². The van der Waals surface area contributed by atoms with Gasteiger partial charge in [0, 0.05) is 11.0 Å². The number of thiophene rings is 1. The number of ether oxygens (including phenoxy) is 1. The molecule has 0 atom stereocenters. The molecule has 20 heavy (non-hydrogen) atoms. The topological polar surface area (TPSA) is 21.3 Å².